The van der Waals surface area contributed by atoms with E-state index in [4.69, 9.17) is 9.26 Å². The van der Waals surface area contributed by atoms with Crippen molar-refractivity contribution in [2.75, 3.05) is 26.8 Å². The van der Waals surface area contributed by atoms with Gasteiger partial charge in [0.1, 0.15) is 5.76 Å². The maximum atomic E-state index is 12.6. The highest BCUT2D eigenvalue weighted by Gasteiger charge is 2.23. The Morgan fingerprint density at radius 1 is 1.33 bits per heavy atom. The third-order valence-electron chi connectivity index (χ3n) is 4.31. The van der Waals surface area contributed by atoms with Crippen LogP contribution in [-0.4, -0.2) is 47.3 Å². The smallest absolute Gasteiger partial charge is 0.276 e. The summed E-state index contributed by atoms with van der Waals surface area (Å²) in [5, 5.41) is 3.80. The monoisotopic (exact) mass is 331 g/mol. The first-order valence-electron chi connectivity index (χ1n) is 8.03. The van der Waals surface area contributed by atoms with Crippen molar-refractivity contribution < 1.29 is 14.1 Å². The van der Waals surface area contributed by atoms with Crippen molar-refractivity contribution in [2.45, 2.75) is 26.3 Å². The quantitative estimate of drug-likeness (QED) is 0.836. The molecule has 0 radical (unpaired) electrons. The largest absolute Gasteiger partial charge is 0.383 e. The minimum Gasteiger partial charge on any atom is -0.383 e. The van der Waals surface area contributed by atoms with Crippen molar-refractivity contribution in [2.24, 2.45) is 0 Å². The number of fused-ring (bicyclic) bond motifs is 1. The summed E-state index contributed by atoms with van der Waals surface area (Å²) in [6.45, 7) is 3.91. The van der Waals surface area contributed by atoms with E-state index in [0.717, 1.165) is 11.3 Å². The van der Waals surface area contributed by atoms with Gasteiger partial charge in [-0.1, -0.05) is 11.2 Å². The number of nitrogens with zero attached hydrogens (tertiary/aromatic N) is 3. The number of pyridine rings is 1. The third kappa shape index (κ3) is 3.26. The number of ether oxygens (including phenoxy) is 1. The van der Waals surface area contributed by atoms with Gasteiger partial charge in [0.25, 0.3) is 11.5 Å². The van der Waals surface area contributed by atoms with E-state index in [1.54, 1.807) is 35.6 Å². The van der Waals surface area contributed by atoms with Crippen LogP contribution in [0.2, 0.25) is 0 Å². The molecule has 0 N–H and O–H groups in total. The van der Waals surface area contributed by atoms with E-state index in [-0.39, 0.29) is 11.5 Å². The molecule has 3 rings (SSSR count). The lowest BCUT2D eigenvalue weighted by molar-refractivity contribution is 0.0752. The van der Waals surface area contributed by atoms with Crippen molar-refractivity contribution in [3.8, 4) is 0 Å². The molecule has 128 valence electrons. The number of aromatic nitrogens is 2. The number of carbonyl (C=O) groups is 1. The van der Waals surface area contributed by atoms with Crippen LogP contribution in [0, 0.1) is 6.92 Å². The molecule has 3 heterocycles. The fourth-order valence-electron chi connectivity index (χ4n) is 3.06. The molecular weight excluding hydrogens is 310 g/mol. The van der Waals surface area contributed by atoms with Crippen LogP contribution < -0.4 is 5.56 Å². The zero-order valence-electron chi connectivity index (χ0n) is 13.9. The van der Waals surface area contributed by atoms with Gasteiger partial charge in [-0.05, 0) is 18.9 Å². The normalized spacial score (nSPS) is 14.3. The average molecular weight is 331 g/mol. The van der Waals surface area contributed by atoms with Gasteiger partial charge < -0.3 is 18.7 Å². The maximum Gasteiger partial charge on any atom is 0.276 e. The van der Waals surface area contributed by atoms with Crippen LogP contribution in [0.3, 0.4) is 0 Å². The minimum atomic E-state index is -0.134. The number of hydrogen-bond donors (Lipinski definition) is 0. The first-order chi connectivity index (χ1) is 11.6. The van der Waals surface area contributed by atoms with Crippen LogP contribution in [0.5, 0.6) is 0 Å². The lowest BCUT2D eigenvalue weighted by atomic mass is 10.1. The summed E-state index contributed by atoms with van der Waals surface area (Å²) in [5.74, 6) is 0.482. The van der Waals surface area contributed by atoms with Gasteiger partial charge >= 0.3 is 0 Å². The van der Waals surface area contributed by atoms with Gasteiger partial charge in [-0.25, -0.2) is 0 Å². The highest BCUT2D eigenvalue weighted by Crippen LogP contribution is 2.16. The molecule has 7 nitrogen and oxygen atoms in total. The molecule has 1 aliphatic heterocycles. The minimum absolute atomic E-state index is 0.0299. The molecule has 7 heteroatoms. The lowest BCUT2D eigenvalue weighted by Crippen LogP contribution is -2.33. The summed E-state index contributed by atoms with van der Waals surface area (Å²) in [6.07, 6.45) is 1.35. The molecule has 1 aliphatic rings. The number of aryl methyl sites for hydroxylation is 1. The molecule has 0 fully saturated rings. The van der Waals surface area contributed by atoms with Crippen LogP contribution in [0.1, 0.15) is 27.5 Å². The van der Waals surface area contributed by atoms with Crippen molar-refractivity contribution in [1.82, 2.24) is 14.6 Å². The molecular formula is C17H21N3O4. The van der Waals surface area contributed by atoms with Crippen molar-refractivity contribution in [3.05, 3.63) is 51.3 Å². The Balaban J connectivity index is 1.81. The van der Waals surface area contributed by atoms with Gasteiger partial charge in [-0.15, -0.1) is 0 Å². The number of hydrogen-bond acceptors (Lipinski definition) is 5. The van der Waals surface area contributed by atoms with Gasteiger partial charge in [-0.3, -0.25) is 9.59 Å². The van der Waals surface area contributed by atoms with E-state index >= 15 is 0 Å². The van der Waals surface area contributed by atoms with Gasteiger partial charge in [-0.2, -0.15) is 0 Å². The van der Waals surface area contributed by atoms with Crippen LogP contribution in [0.4, 0.5) is 0 Å². The Bertz CT molecular complexity index is 793. The van der Waals surface area contributed by atoms with E-state index in [9.17, 15) is 9.59 Å². The third-order valence-corrected chi connectivity index (χ3v) is 4.31. The summed E-state index contributed by atoms with van der Waals surface area (Å²) in [4.78, 5) is 26.5. The van der Waals surface area contributed by atoms with Crippen LogP contribution in [0.15, 0.2) is 27.5 Å². The van der Waals surface area contributed by atoms with Crippen LogP contribution in [0.25, 0.3) is 0 Å². The lowest BCUT2D eigenvalue weighted by Gasteiger charge is -2.18. The first kappa shape index (κ1) is 16.4. The van der Waals surface area contributed by atoms with E-state index in [1.807, 2.05) is 6.07 Å². The van der Waals surface area contributed by atoms with Crippen molar-refractivity contribution in [1.29, 1.82) is 0 Å². The highest BCUT2D eigenvalue weighted by atomic mass is 16.5. The van der Waals surface area contributed by atoms with Crippen molar-refractivity contribution in [3.63, 3.8) is 0 Å². The van der Waals surface area contributed by atoms with Crippen molar-refractivity contribution >= 4 is 5.91 Å². The van der Waals surface area contributed by atoms with Crippen LogP contribution in [-0.2, 0) is 24.1 Å². The molecule has 0 spiro atoms. The highest BCUT2D eigenvalue weighted by molar-refractivity contribution is 5.92. The average Bonchev–Trinajstić information content (AvgIpc) is 2.89. The molecule has 2 aromatic heterocycles. The molecule has 1 amide bonds. The zero-order valence-corrected chi connectivity index (χ0v) is 13.9. The molecule has 0 saturated heterocycles. The fraction of sp³-hybridized carbons (Fsp3) is 0.471. The molecule has 24 heavy (non-hydrogen) atoms. The molecule has 0 aromatic carbocycles. The summed E-state index contributed by atoms with van der Waals surface area (Å²) in [6, 6.07) is 5.11. The second-order valence-electron chi connectivity index (χ2n) is 5.90. The van der Waals surface area contributed by atoms with E-state index in [0.29, 0.717) is 50.5 Å². The molecule has 0 bridgehead atoms. The summed E-state index contributed by atoms with van der Waals surface area (Å²) < 4.78 is 11.8. The first-order valence-corrected chi connectivity index (χ1v) is 8.03. The molecule has 0 atom stereocenters. The van der Waals surface area contributed by atoms with Gasteiger partial charge in [0.2, 0.25) is 0 Å². The van der Waals surface area contributed by atoms with E-state index in [1.165, 1.54) is 0 Å². The van der Waals surface area contributed by atoms with E-state index in [2.05, 4.69) is 5.16 Å². The topological polar surface area (TPSA) is 77.6 Å². The zero-order chi connectivity index (χ0) is 17.1. The number of carbonyl (C=O) groups excluding carboxylic acids is 1. The predicted octanol–water partition coefficient (Wildman–Crippen LogP) is 1.03. The van der Waals surface area contributed by atoms with Gasteiger partial charge in [0, 0.05) is 51.0 Å². The van der Waals surface area contributed by atoms with Gasteiger partial charge in [0.15, 0.2) is 5.69 Å². The summed E-state index contributed by atoms with van der Waals surface area (Å²) in [7, 11) is 1.62. The van der Waals surface area contributed by atoms with E-state index < -0.39 is 0 Å². The number of methoxy groups -OCH3 is 1. The molecule has 0 unspecified atom stereocenters. The molecule has 0 saturated carbocycles. The predicted molar refractivity (Wildman–Crippen MR) is 87.1 cm³/mol. The molecule has 0 aliphatic carbocycles. The Labute approximate surface area is 139 Å². The second kappa shape index (κ2) is 7.00. The van der Waals surface area contributed by atoms with Crippen LogP contribution >= 0.6 is 0 Å². The Kier molecular flexibility index (Phi) is 4.80. The Hall–Kier alpha value is -2.41. The second-order valence-corrected chi connectivity index (χ2v) is 5.90. The summed E-state index contributed by atoms with van der Waals surface area (Å²) in [5.41, 5.74) is 2.40. The SMILES string of the molecule is COCCn1c2c(ccc1=O)CCN(C(=O)c1cc(C)on1)CC2. The number of amides is 1. The molecule has 2 aromatic rings. The number of rotatable bonds is 4. The fourth-order valence-corrected chi connectivity index (χ4v) is 3.06. The van der Waals surface area contributed by atoms with Gasteiger partial charge in [0.05, 0.1) is 6.61 Å². The maximum absolute atomic E-state index is 12.6. The standard InChI is InChI=1S/C17H21N3O4/c1-12-11-14(18-24-12)17(22)19-7-5-13-3-4-16(21)20(9-10-23-2)15(13)6-8-19/h3-4,11H,5-10H2,1-2H3. The Morgan fingerprint density at radius 3 is 2.83 bits per heavy atom. The summed E-state index contributed by atoms with van der Waals surface area (Å²) >= 11 is 0. The Morgan fingerprint density at radius 2 is 2.12 bits per heavy atom.